The topological polar surface area (TPSA) is 23.8 Å². The smallest absolute Gasteiger partial charge is 0.0477 e. The summed E-state index contributed by atoms with van der Waals surface area (Å²) in [4.78, 5) is 0. The summed E-state index contributed by atoms with van der Waals surface area (Å²) >= 11 is 0. The molecular formula is C40H57HfNSi-3. The fourth-order valence-electron chi connectivity index (χ4n) is 5.06. The number of benzene rings is 3. The average Bonchev–Trinajstić information content (AvgIpc) is 3.22. The maximum Gasteiger partial charge on any atom is 0.0477 e. The third-order valence-electron chi connectivity index (χ3n) is 8.07. The van der Waals surface area contributed by atoms with E-state index in [0.717, 1.165) is 12.8 Å². The van der Waals surface area contributed by atoms with E-state index < -0.39 is 0 Å². The number of rotatable bonds is 1. The van der Waals surface area contributed by atoms with Crippen molar-refractivity contribution >= 4 is 15.4 Å². The van der Waals surface area contributed by atoms with E-state index in [0.29, 0.717) is 5.92 Å². The van der Waals surface area contributed by atoms with Crippen molar-refractivity contribution in [1.82, 2.24) is 0 Å². The van der Waals surface area contributed by atoms with Crippen LogP contribution in [0.3, 0.4) is 0 Å². The summed E-state index contributed by atoms with van der Waals surface area (Å²) in [6, 6.07) is 31.3. The molecule has 3 aromatic carbocycles. The minimum atomic E-state index is 0. The molecule has 233 valence electrons. The molecule has 1 radical (unpaired) electrons. The third-order valence-corrected chi connectivity index (χ3v) is 8.54. The molecule has 1 nitrogen and oxygen atoms in total. The first-order valence-electron chi connectivity index (χ1n) is 15.8. The van der Waals surface area contributed by atoms with Crippen LogP contribution in [0.2, 0.25) is 0 Å². The fourth-order valence-corrected chi connectivity index (χ4v) is 5.34. The van der Waals surface area contributed by atoms with Crippen molar-refractivity contribution in [3.63, 3.8) is 0 Å². The first kappa shape index (κ1) is 41.2. The Labute approximate surface area is 288 Å². The van der Waals surface area contributed by atoms with E-state index in [-0.39, 0.29) is 39.3 Å². The number of hydrogen-bond donors (Lipinski definition) is 0. The Morgan fingerprint density at radius 2 is 0.953 bits per heavy atom. The van der Waals surface area contributed by atoms with Gasteiger partial charge in [0.1, 0.15) is 0 Å². The molecule has 0 heterocycles. The van der Waals surface area contributed by atoms with Crippen LogP contribution in [0, 0.1) is 19.4 Å². The first-order chi connectivity index (χ1) is 19.9. The zero-order valence-electron chi connectivity index (χ0n) is 27.8. The molecule has 1 N–H and O–H groups in total. The second-order valence-electron chi connectivity index (χ2n) is 11.5. The van der Waals surface area contributed by atoms with Gasteiger partial charge in [0.15, 0.2) is 0 Å². The van der Waals surface area contributed by atoms with Crippen LogP contribution in [0.1, 0.15) is 98.3 Å². The predicted molar refractivity (Wildman–Crippen MR) is 192 cm³/mol. The summed E-state index contributed by atoms with van der Waals surface area (Å²) in [6.45, 7) is 8.67. The van der Waals surface area contributed by atoms with E-state index in [9.17, 15) is 0 Å². The molecule has 3 heteroatoms. The van der Waals surface area contributed by atoms with Crippen LogP contribution in [0.15, 0.2) is 108 Å². The zero-order valence-corrected chi connectivity index (χ0v) is 32.8. The van der Waals surface area contributed by atoms with Gasteiger partial charge >= 0.3 is 0 Å². The fraction of sp³-hybridized carbons (Fsp3) is 0.425. The molecular weight excluding hydrogens is 701 g/mol. The summed E-state index contributed by atoms with van der Waals surface area (Å²) in [6.07, 6.45) is 18.1. The van der Waals surface area contributed by atoms with E-state index in [1.54, 1.807) is 0 Å². The van der Waals surface area contributed by atoms with Crippen LogP contribution in [-0.2, 0) is 25.8 Å². The zero-order chi connectivity index (χ0) is 29.7. The van der Waals surface area contributed by atoms with Crippen molar-refractivity contribution in [2.24, 2.45) is 5.92 Å². The monoisotopic (exact) mass is 759 g/mol. The van der Waals surface area contributed by atoms with Crippen molar-refractivity contribution in [3.05, 3.63) is 127 Å². The van der Waals surface area contributed by atoms with Crippen molar-refractivity contribution in [2.75, 3.05) is 0 Å². The van der Waals surface area contributed by atoms with Gasteiger partial charge in [0.05, 0.1) is 0 Å². The number of hydrogen-bond acceptors (Lipinski definition) is 0. The van der Waals surface area contributed by atoms with Crippen LogP contribution in [0.4, 0.5) is 0 Å². The predicted octanol–water partition coefficient (Wildman–Crippen LogP) is 11.2. The molecule has 43 heavy (non-hydrogen) atoms. The second-order valence-corrected chi connectivity index (χ2v) is 12.3. The summed E-state index contributed by atoms with van der Waals surface area (Å²) in [5.41, 5.74) is 14.6. The molecule has 1 saturated carbocycles. The van der Waals surface area contributed by atoms with E-state index in [2.05, 4.69) is 94.4 Å². The van der Waals surface area contributed by atoms with Crippen molar-refractivity contribution in [1.29, 1.82) is 0 Å². The molecule has 0 amide bonds. The Morgan fingerprint density at radius 1 is 0.605 bits per heavy atom. The van der Waals surface area contributed by atoms with Crippen LogP contribution in [0.5, 0.6) is 0 Å². The Bertz CT molecular complexity index is 1080. The molecule has 0 saturated heterocycles. The minimum absolute atomic E-state index is 0. The van der Waals surface area contributed by atoms with Crippen molar-refractivity contribution < 1.29 is 25.8 Å². The SMILES string of the molecule is CC1=[C-]C(C)C(C)=C1C.[CH3-].[Hf].[NH-]C1CCCCCCCCCCC1.[SiH2]c1ccccc1.c1ccc(-c2ccccc2)cc1. The second kappa shape index (κ2) is 25.5. The van der Waals surface area contributed by atoms with Gasteiger partial charge in [0, 0.05) is 36.1 Å². The van der Waals surface area contributed by atoms with Crippen molar-refractivity contribution in [3.8, 4) is 11.1 Å². The van der Waals surface area contributed by atoms with Crippen LogP contribution < -0.4 is 5.19 Å². The molecule has 2 aliphatic carbocycles. The average molecular weight is 758 g/mol. The van der Waals surface area contributed by atoms with E-state index >= 15 is 0 Å². The minimum Gasteiger partial charge on any atom is -0.675 e. The van der Waals surface area contributed by atoms with Gasteiger partial charge in [-0.3, -0.25) is 6.08 Å². The Balaban J connectivity index is 0.000000551. The molecule has 0 spiro atoms. The third kappa shape index (κ3) is 18.6. The van der Waals surface area contributed by atoms with Gasteiger partial charge in [-0.15, -0.1) is 13.0 Å². The number of allylic oxidation sites excluding steroid dienone is 4. The Kier molecular flexibility index (Phi) is 24.4. The van der Waals surface area contributed by atoms with Gasteiger partial charge in [-0.1, -0.05) is 194 Å². The number of nitrogens with one attached hydrogen (secondary N) is 1. The quantitative estimate of drug-likeness (QED) is 0.174. The van der Waals surface area contributed by atoms with Crippen LogP contribution >= 0.6 is 0 Å². The summed E-state index contributed by atoms with van der Waals surface area (Å²) in [7, 11) is 1.90. The maximum absolute atomic E-state index is 7.80. The summed E-state index contributed by atoms with van der Waals surface area (Å²) < 4.78 is 0. The molecule has 2 aliphatic rings. The Morgan fingerprint density at radius 3 is 1.21 bits per heavy atom. The molecule has 0 bridgehead atoms. The van der Waals surface area contributed by atoms with Crippen LogP contribution in [0.25, 0.3) is 16.9 Å². The van der Waals surface area contributed by atoms with Crippen molar-refractivity contribution in [2.45, 2.75) is 104 Å². The molecule has 1 unspecified atom stereocenters. The van der Waals surface area contributed by atoms with Crippen LogP contribution in [-0.4, -0.2) is 16.3 Å². The van der Waals surface area contributed by atoms with E-state index in [1.165, 1.54) is 90.8 Å². The summed E-state index contributed by atoms with van der Waals surface area (Å²) in [5.74, 6) is 0.560. The molecule has 1 fully saturated rings. The largest absolute Gasteiger partial charge is 0.675 e. The standard InChI is InChI=1S/C12H24N.C12H10.C9H13.C6H7Si.CH3.Hf/c13-12-10-8-6-4-2-1-3-5-7-9-11-12;1-3-7-11(8-4-1)12-9-5-2-6-10-12;1-6-5-7(2)9(4)8(6)3;7-6-4-2-1-3-5-6;;/h12-13H,1-11H2;1-10H;6H,1-4H3;1-5H,7H2;1H3;/q-1;;-1;;-1;. The normalized spacial score (nSPS) is 17.3. The molecule has 0 aromatic heterocycles. The molecule has 3 aromatic rings. The summed E-state index contributed by atoms with van der Waals surface area (Å²) in [5, 5.41) is 1.35. The van der Waals surface area contributed by atoms with Gasteiger partial charge in [0.25, 0.3) is 0 Å². The maximum atomic E-state index is 7.80. The van der Waals surface area contributed by atoms with E-state index in [1.807, 2.05) is 40.6 Å². The molecule has 1 atom stereocenters. The van der Waals surface area contributed by atoms with Gasteiger partial charge in [0.2, 0.25) is 0 Å². The van der Waals surface area contributed by atoms with Gasteiger partial charge in [-0.05, 0) is 11.1 Å². The molecule has 0 aliphatic heterocycles. The van der Waals surface area contributed by atoms with Gasteiger partial charge in [-0.25, -0.2) is 5.57 Å². The Hall–Kier alpha value is -1.81. The first-order valence-corrected chi connectivity index (χ1v) is 16.6. The molecule has 5 rings (SSSR count). The van der Waals surface area contributed by atoms with Gasteiger partial charge < -0.3 is 13.2 Å². The van der Waals surface area contributed by atoms with E-state index in [4.69, 9.17) is 5.73 Å². The van der Waals surface area contributed by atoms with Gasteiger partial charge in [-0.2, -0.15) is 11.1 Å².